The van der Waals surface area contributed by atoms with E-state index in [-0.39, 0.29) is 16.1 Å². The van der Waals surface area contributed by atoms with Crippen molar-refractivity contribution in [2.45, 2.75) is 50.7 Å². The van der Waals surface area contributed by atoms with Crippen LogP contribution in [0.2, 0.25) is 0 Å². The molecule has 10 heteroatoms. The van der Waals surface area contributed by atoms with Crippen LogP contribution in [0.4, 0.5) is 14.9 Å². The average Bonchev–Trinajstić information content (AvgIpc) is 2.82. The topological polar surface area (TPSA) is 111 Å². The highest BCUT2D eigenvalue weighted by atomic mass is 32.2. The fourth-order valence-corrected chi connectivity index (χ4v) is 4.78. The van der Waals surface area contributed by atoms with E-state index in [1.807, 2.05) is 0 Å². The molecule has 38 heavy (non-hydrogen) atoms. The summed E-state index contributed by atoms with van der Waals surface area (Å²) in [7, 11) is -2.86. The number of hydrogen-bond donors (Lipinski definition) is 2. The zero-order chi connectivity index (χ0) is 28.3. The minimum absolute atomic E-state index is 0.0400. The van der Waals surface area contributed by atoms with E-state index in [4.69, 9.17) is 9.47 Å². The first-order valence-corrected chi connectivity index (χ1v) is 13.2. The van der Waals surface area contributed by atoms with Gasteiger partial charge in [0.15, 0.2) is 5.54 Å². The highest BCUT2D eigenvalue weighted by Gasteiger charge is 2.39. The third-order valence-corrected chi connectivity index (χ3v) is 7.03. The fourth-order valence-electron chi connectivity index (χ4n) is 3.73. The van der Waals surface area contributed by atoms with Crippen molar-refractivity contribution in [3.05, 3.63) is 83.7 Å². The summed E-state index contributed by atoms with van der Waals surface area (Å²) in [4.78, 5) is 25.1. The van der Waals surface area contributed by atoms with Gasteiger partial charge in [0.2, 0.25) is 0 Å². The molecule has 3 aromatic carbocycles. The summed E-state index contributed by atoms with van der Waals surface area (Å²) in [6.07, 6.45) is -0.846. The molecule has 1 amide bonds. The number of nitrogens with one attached hydrogen (secondary N) is 2. The Morgan fingerprint density at radius 3 is 2.16 bits per heavy atom. The van der Waals surface area contributed by atoms with Crippen LogP contribution in [0, 0.1) is 12.7 Å². The van der Waals surface area contributed by atoms with Gasteiger partial charge in [0.05, 0.1) is 12.0 Å². The number of methoxy groups -OCH3 is 1. The smallest absolute Gasteiger partial charge is 0.408 e. The standard InChI is InChI=1S/C28H31FN2O6S/c1-18-10-15-23(24(29)16-18)19-11-13-22(14-12-19)38(34,35)31-21-9-7-8-20(17-21)28(5,25(32)36-6)30-26(33)37-27(2,3)4/h7-17,31H,1-6H3,(H,30,33). The van der Waals surface area contributed by atoms with E-state index < -0.39 is 39.0 Å². The molecule has 0 radical (unpaired) electrons. The van der Waals surface area contributed by atoms with Gasteiger partial charge in [-0.15, -0.1) is 0 Å². The first-order valence-electron chi connectivity index (χ1n) is 11.7. The third-order valence-electron chi connectivity index (χ3n) is 5.64. The molecule has 202 valence electrons. The number of ether oxygens (including phenoxy) is 2. The highest BCUT2D eigenvalue weighted by Crippen LogP contribution is 2.28. The number of anilines is 1. The predicted octanol–water partition coefficient (Wildman–Crippen LogP) is 5.51. The molecule has 1 unspecified atom stereocenters. The van der Waals surface area contributed by atoms with Crippen molar-refractivity contribution in [3.63, 3.8) is 0 Å². The van der Waals surface area contributed by atoms with E-state index in [0.717, 1.165) is 5.56 Å². The van der Waals surface area contributed by atoms with Gasteiger partial charge in [-0.2, -0.15) is 0 Å². The molecule has 1 atom stereocenters. The molecule has 0 fully saturated rings. The van der Waals surface area contributed by atoms with Gasteiger partial charge in [-0.25, -0.2) is 22.4 Å². The van der Waals surface area contributed by atoms with E-state index in [0.29, 0.717) is 11.1 Å². The number of sulfonamides is 1. The molecular weight excluding hydrogens is 511 g/mol. The summed E-state index contributed by atoms with van der Waals surface area (Å²) in [6, 6.07) is 16.6. The van der Waals surface area contributed by atoms with Crippen LogP contribution in [0.25, 0.3) is 11.1 Å². The quantitative estimate of drug-likeness (QED) is 0.381. The maximum atomic E-state index is 14.3. The van der Waals surface area contributed by atoms with Crippen LogP contribution in [-0.2, 0) is 29.8 Å². The Labute approximate surface area is 222 Å². The van der Waals surface area contributed by atoms with Gasteiger partial charge < -0.3 is 14.8 Å². The van der Waals surface area contributed by atoms with Crippen LogP contribution >= 0.6 is 0 Å². The van der Waals surface area contributed by atoms with E-state index in [9.17, 15) is 22.4 Å². The molecule has 3 rings (SSSR count). The summed E-state index contributed by atoms with van der Waals surface area (Å²) in [5.74, 6) is -1.17. The number of alkyl carbamates (subject to hydrolysis) is 1. The van der Waals surface area contributed by atoms with E-state index in [1.54, 1.807) is 45.9 Å². The lowest BCUT2D eigenvalue weighted by atomic mass is 9.92. The maximum absolute atomic E-state index is 14.3. The van der Waals surface area contributed by atoms with Gasteiger partial charge in [0.25, 0.3) is 10.0 Å². The molecule has 0 spiro atoms. The van der Waals surface area contributed by atoms with Crippen molar-refractivity contribution in [3.8, 4) is 11.1 Å². The molecule has 3 aromatic rings. The van der Waals surface area contributed by atoms with Gasteiger partial charge in [-0.3, -0.25) is 4.72 Å². The lowest BCUT2D eigenvalue weighted by molar-refractivity contribution is -0.148. The summed E-state index contributed by atoms with van der Waals surface area (Å²) >= 11 is 0. The molecule has 8 nitrogen and oxygen atoms in total. The van der Waals surface area contributed by atoms with Crippen molar-refractivity contribution in [1.82, 2.24) is 5.32 Å². The number of aryl methyl sites for hydroxylation is 1. The van der Waals surface area contributed by atoms with Crippen molar-refractivity contribution in [2.24, 2.45) is 0 Å². The SMILES string of the molecule is COC(=O)C(C)(NC(=O)OC(C)(C)C)c1cccc(NS(=O)(=O)c2ccc(-c3ccc(C)cc3F)cc2)c1. The molecular formula is C28H31FN2O6S. The van der Waals surface area contributed by atoms with Gasteiger partial charge in [0.1, 0.15) is 11.4 Å². The number of esters is 1. The van der Waals surface area contributed by atoms with E-state index in [2.05, 4.69) is 10.0 Å². The Morgan fingerprint density at radius 1 is 0.921 bits per heavy atom. The molecule has 0 saturated heterocycles. The summed E-state index contributed by atoms with van der Waals surface area (Å²) in [6.45, 7) is 8.26. The summed E-state index contributed by atoms with van der Waals surface area (Å²) in [5, 5.41) is 2.52. The van der Waals surface area contributed by atoms with Crippen LogP contribution in [0.3, 0.4) is 0 Å². The Kier molecular flexibility index (Phi) is 8.16. The second-order valence-electron chi connectivity index (χ2n) is 9.94. The second kappa shape index (κ2) is 10.8. The number of rotatable bonds is 7. The molecule has 0 aliphatic carbocycles. The van der Waals surface area contributed by atoms with Gasteiger partial charge >= 0.3 is 12.1 Å². The average molecular weight is 543 g/mol. The molecule has 0 bridgehead atoms. The van der Waals surface area contributed by atoms with Gasteiger partial charge in [-0.05, 0) is 81.6 Å². The van der Waals surface area contributed by atoms with E-state index in [1.165, 1.54) is 62.6 Å². The molecule has 0 aromatic heterocycles. The number of hydrogen-bond acceptors (Lipinski definition) is 6. The summed E-state index contributed by atoms with van der Waals surface area (Å²) < 4.78 is 53.2. The van der Waals surface area contributed by atoms with Crippen molar-refractivity contribution in [1.29, 1.82) is 0 Å². The van der Waals surface area contributed by atoms with E-state index >= 15 is 0 Å². The number of carbonyl (C=O) groups excluding carboxylic acids is 2. The first kappa shape index (κ1) is 28.6. The lowest BCUT2D eigenvalue weighted by Crippen LogP contribution is -2.51. The number of halogens is 1. The normalized spacial score (nSPS) is 13.2. The number of amides is 1. The largest absolute Gasteiger partial charge is 0.467 e. The monoisotopic (exact) mass is 542 g/mol. The van der Waals surface area contributed by atoms with Crippen LogP contribution in [0.1, 0.15) is 38.8 Å². The highest BCUT2D eigenvalue weighted by molar-refractivity contribution is 7.92. The molecule has 0 aliphatic rings. The first-order chi connectivity index (χ1) is 17.6. The molecule has 2 N–H and O–H groups in total. The Bertz CT molecular complexity index is 1450. The van der Waals surface area contributed by atoms with Crippen LogP contribution in [0.15, 0.2) is 71.6 Å². The molecule has 0 aliphatic heterocycles. The Hall–Kier alpha value is -3.92. The van der Waals surface area contributed by atoms with Crippen LogP contribution in [0.5, 0.6) is 0 Å². The fraction of sp³-hybridized carbons (Fsp3) is 0.286. The third kappa shape index (κ3) is 6.69. The van der Waals surface area contributed by atoms with Crippen LogP contribution in [-0.4, -0.2) is 33.2 Å². The van der Waals surface area contributed by atoms with Crippen molar-refractivity contribution in [2.75, 3.05) is 11.8 Å². The zero-order valence-corrected chi connectivity index (χ0v) is 22.9. The Balaban J connectivity index is 1.88. The minimum atomic E-state index is -4.04. The number of carbonyl (C=O) groups is 2. The van der Waals surface area contributed by atoms with Gasteiger partial charge in [-0.1, -0.05) is 36.4 Å². The molecule has 0 heterocycles. The minimum Gasteiger partial charge on any atom is -0.467 e. The maximum Gasteiger partial charge on any atom is 0.408 e. The van der Waals surface area contributed by atoms with Crippen LogP contribution < -0.4 is 10.0 Å². The number of benzene rings is 3. The van der Waals surface area contributed by atoms with Gasteiger partial charge in [0, 0.05) is 11.3 Å². The predicted molar refractivity (Wildman–Crippen MR) is 143 cm³/mol. The zero-order valence-electron chi connectivity index (χ0n) is 22.1. The molecule has 0 saturated carbocycles. The Morgan fingerprint density at radius 2 is 1.58 bits per heavy atom. The second-order valence-corrected chi connectivity index (χ2v) is 11.6. The lowest BCUT2D eigenvalue weighted by Gasteiger charge is -2.30. The summed E-state index contributed by atoms with van der Waals surface area (Å²) in [5.41, 5.74) is -0.387. The van der Waals surface area contributed by atoms with Crippen molar-refractivity contribution >= 4 is 27.8 Å². The van der Waals surface area contributed by atoms with Crippen molar-refractivity contribution < 1.29 is 31.9 Å².